The first kappa shape index (κ1) is 18.4. The Kier molecular flexibility index (Phi) is 5.46. The first-order valence-electron chi connectivity index (χ1n) is 8.03. The number of hydrogen-bond donors (Lipinski definition) is 3. The molecule has 138 valence electrons. The molecule has 5 atom stereocenters. The van der Waals surface area contributed by atoms with Crippen LogP contribution in [0.2, 0.25) is 0 Å². The molecule has 3 N–H and O–H groups in total. The fourth-order valence-electron chi connectivity index (χ4n) is 2.80. The van der Waals surface area contributed by atoms with Gasteiger partial charge in [0.15, 0.2) is 6.29 Å². The second-order valence-corrected chi connectivity index (χ2v) is 7.04. The highest BCUT2D eigenvalue weighted by molar-refractivity contribution is 7.15. The van der Waals surface area contributed by atoms with Gasteiger partial charge in [0.05, 0.1) is 18.4 Å². The molecule has 3 rings (SSSR count). The standard InChI is InChI=1S/C15H22N4O5S/c1-4-10-7(2)16-14(25-10)8-5-19(18-17-8)6-9-11(20)12(21)13(22)15(23-3)24-9/h5,9,11-13,15,20-22H,4,6H2,1-3H3. The lowest BCUT2D eigenvalue weighted by atomic mass is 9.99. The quantitative estimate of drug-likeness (QED) is 0.657. The molecule has 25 heavy (non-hydrogen) atoms. The van der Waals surface area contributed by atoms with Crippen molar-refractivity contribution in [2.75, 3.05) is 7.11 Å². The molecule has 0 saturated carbocycles. The van der Waals surface area contributed by atoms with Crippen LogP contribution in [0.1, 0.15) is 17.5 Å². The van der Waals surface area contributed by atoms with Crippen molar-refractivity contribution in [2.45, 2.75) is 57.5 Å². The number of aryl methyl sites for hydroxylation is 2. The average molecular weight is 370 g/mol. The maximum atomic E-state index is 10.1. The number of methoxy groups -OCH3 is 1. The smallest absolute Gasteiger partial charge is 0.186 e. The molecule has 1 saturated heterocycles. The molecule has 0 spiro atoms. The second kappa shape index (κ2) is 7.44. The predicted octanol–water partition coefficient (Wildman–Crippen LogP) is -0.274. The SMILES string of the molecule is CCc1sc(-c2cn(CC3OC(OC)C(O)C(O)C3O)nn2)nc1C. The molecule has 0 radical (unpaired) electrons. The lowest BCUT2D eigenvalue weighted by Gasteiger charge is -2.39. The highest BCUT2D eigenvalue weighted by atomic mass is 32.1. The Morgan fingerprint density at radius 2 is 2.04 bits per heavy atom. The van der Waals surface area contributed by atoms with Crippen molar-refractivity contribution < 1.29 is 24.8 Å². The predicted molar refractivity (Wildman–Crippen MR) is 88.9 cm³/mol. The van der Waals surface area contributed by atoms with Crippen molar-refractivity contribution in [3.8, 4) is 10.7 Å². The van der Waals surface area contributed by atoms with E-state index in [1.165, 1.54) is 16.7 Å². The molecule has 2 aromatic rings. The highest BCUT2D eigenvalue weighted by Gasteiger charge is 2.44. The van der Waals surface area contributed by atoms with Crippen molar-refractivity contribution in [3.05, 3.63) is 16.8 Å². The van der Waals surface area contributed by atoms with Crippen LogP contribution in [-0.4, -0.2) is 73.1 Å². The van der Waals surface area contributed by atoms with Crippen molar-refractivity contribution in [3.63, 3.8) is 0 Å². The topological polar surface area (TPSA) is 123 Å². The maximum Gasteiger partial charge on any atom is 0.186 e. The molecular formula is C15H22N4O5S. The monoisotopic (exact) mass is 370 g/mol. The number of aromatic nitrogens is 4. The summed E-state index contributed by atoms with van der Waals surface area (Å²) in [6.45, 7) is 4.20. The summed E-state index contributed by atoms with van der Waals surface area (Å²) in [6, 6.07) is 0. The van der Waals surface area contributed by atoms with Gasteiger partial charge >= 0.3 is 0 Å². The van der Waals surface area contributed by atoms with Crippen molar-refractivity contribution >= 4 is 11.3 Å². The van der Waals surface area contributed by atoms with Crippen LogP contribution in [0, 0.1) is 6.92 Å². The van der Waals surface area contributed by atoms with Crippen LogP contribution in [-0.2, 0) is 22.4 Å². The Hall–Kier alpha value is -1.43. The van der Waals surface area contributed by atoms with Crippen LogP contribution in [0.25, 0.3) is 10.7 Å². The van der Waals surface area contributed by atoms with Crippen LogP contribution in [0.15, 0.2) is 6.20 Å². The van der Waals surface area contributed by atoms with Gasteiger partial charge in [-0.3, -0.25) is 0 Å². The summed E-state index contributed by atoms with van der Waals surface area (Å²) >= 11 is 1.58. The van der Waals surface area contributed by atoms with E-state index >= 15 is 0 Å². The van der Waals surface area contributed by atoms with Crippen LogP contribution in [0.3, 0.4) is 0 Å². The van der Waals surface area contributed by atoms with Gasteiger partial charge in [-0.2, -0.15) is 0 Å². The summed E-state index contributed by atoms with van der Waals surface area (Å²) in [5, 5.41) is 38.8. The van der Waals surface area contributed by atoms with Gasteiger partial charge in [0.2, 0.25) is 0 Å². The minimum atomic E-state index is -1.36. The van der Waals surface area contributed by atoms with Crippen LogP contribution < -0.4 is 0 Å². The van der Waals surface area contributed by atoms with Gasteiger partial charge in [-0.1, -0.05) is 12.1 Å². The van der Waals surface area contributed by atoms with Gasteiger partial charge in [0.1, 0.15) is 35.1 Å². The fraction of sp³-hybridized carbons (Fsp3) is 0.667. The molecule has 1 aliphatic rings. The van der Waals surface area contributed by atoms with Gasteiger partial charge in [-0.25, -0.2) is 9.67 Å². The molecule has 9 nitrogen and oxygen atoms in total. The average Bonchev–Trinajstić information content (AvgIpc) is 3.21. The zero-order chi connectivity index (χ0) is 18.1. The Balaban J connectivity index is 1.74. The minimum Gasteiger partial charge on any atom is -0.388 e. The number of aliphatic hydroxyl groups excluding tert-OH is 3. The molecule has 2 aromatic heterocycles. The summed E-state index contributed by atoms with van der Waals surface area (Å²) in [7, 11) is 1.36. The van der Waals surface area contributed by atoms with E-state index in [1.54, 1.807) is 17.5 Å². The highest BCUT2D eigenvalue weighted by Crippen LogP contribution is 2.27. The van der Waals surface area contributed by atoms with Gasteiger partial charge in [0, 0.05) is 12.0 Å². The number of rotatable bonds is 5. The summed E-state index contributed by atoms with van der Waals surface area (Å²) < 4.78 is 12.0. The molecule has 0 aliphatic carbocycles. The van der Waals surface area contributed by atoms with E-state index in [2.05, 4.69) is 22.2 Å². The van der Waals surface area contributed by atoms with Gasteiger partial charge < -0.3 is 24.8 Å². The number of hydrogen-bond acceptors (Lipinski definition) is 9. The van der Waals surface area contributed by atoms with E-state index < -0.39 is 30.7 Å². The molecule has 1 aliphatic heterocycles. The normalized spacial score (nSPS) is 29.9. The Bertz CT molecular complexity index is 719. The number of ether oxygens (including phenoxy) is 2. The van der Waals surface area contributed by atoms with Crippen molar-refractivity contribution in [1.29, 1.82) is 0 Å². The summed E-state index contributed by atoms with van der Waals surface area (Å²) in [6.07, 6.45) is -3.11. The molecular weight excluding hydrogens is 348 g/mol. The van der Waals surface area contributed by atoms with E-state index in [4.69, 9.17) is 9.47 Å². The Morgan fingerprint density at radius 1 is 1.28 bits per heavy atom. The Labute approximate surface area is 148 Å². The van der Waals surface area contributed by atoms with Gasteiger partial charge in [0.25, 0.3) is 0 Å². The lowest BCUT2D eigenvalue weighted by molar-refractivity contribution is -0.292. The number of nitrogens with zero attached hydrogens (tertiary/aromatic N) is 4. The van der Waals surface area contributed by atoms with Gasteiger partial charge in [-0.05, 0) is 13.3 Å². The zero-order valence-electron chi connectivity index (χ0n) is 14.2. The molecule has 1 fully saturated rings. The minimum absolute atomic E-state index is 0.156. The van der Waals surface area contributed by atoms with E-state index in [1.807, 2.05) is 6.92 Å². The van der Waals surface area contributed by atoms with E-state index in [0.717, 1.165) is 17.1 Å². The number of thiazole rings is 1. The molecule has 10 heteroatoms. The third-order valence-electron chi connectivity index (χ3n) is 4.24. The molecule has 0 aromatic carbocycles. The second-order valence-electron chi connectivity index (χ2n) is 5.96. The molecule has 3 heterocycles. The summed E-state index contributed by atoms with van der Waals surface area (Å²) in [5.41, 5.74) is 1.63. The lowest BCUT2D eigenvalue weighted by Crippen LogP contribution is -2.58. The van der Waals surface area contributed by atoms with Crippen LogP contribution >= 0.6 is 11.3 Å². The number of aliphatic hydroxyl groups is 3. The maximum absolute atomic E-state index is 10.1. The van der Waals surface area contributed by atoms with Crippen molar-refractivity contribution in [1.82, 2.24) is 20.0 Å². The van der Waals surface area contributed by atoms with E-state index in [9.17, 15) is 15.3 Å². The zero-order valence-corrected chi connectivity index (χ0v) is 15.1. The van der Waals surface area contributed by atoms with Gasteiger partial charge in [-0.15, -0.1) is 16.4 Å². The molecule has 0 bridgehead atoms. The molecule has 0 amide bonds. The van der Waals surface area contributed by atoms with Crippen LogP contribution in [0.5, 0.6) is 0 Å². The van der Waals surface area contributed by atoms with Crippen molar-refractivity contribution in [2.24, 2.45) is 0 Å². The van der Waals surface area contributed by atoms with E-state index in [-0.39, 0.29) is 6.54 Å². The van der Waals surface area contributed by atoms with Crippen LogP contribution in [0.4, 0.5) is 0 Å². The first-order valence-corrected chi connectivity index (χ1v) is 8.85. The third kappa shape index (κ3) is 3.59. The largest absolute Gasteiger partial charge is 0.388 e. The Morgan fingerprint density at radius 3 is 2.68 bits per heavy atom. The third-order valence-corrected chi connectivity index (χ3v) is 5.56. The molecule has 5 unspecified atom stereocenters. The summed E-state index contributed by atoms with van der Waals surface area (Å²) in [5.74, 6) is 0. The first-order chi connectivity index (χ1) is 11.9. The van der Waals surface area contributed by atoms with E-state index in [0.29, 0.717) is 5.69 Å². The summed E-state index contributed by atoms with van der Waals surface area (Å²) in [4.78, 5) is 5.71. The fourth-order valence-corrected chi connectivity index (χ4v) is 3.75.